The fourth-order valence-corrected chi connectivity index (χ4v) is 4.40. The number of rotatable bonds is 5. The van der Waals surface area contributed by atoms with E-state index in [-0.39, 0.29) is 36.1 Å². The van der Waals surface area contributed by atoms with Gasteiger partial charge in [0.1, 0.15) is 6.04 Å². The minimum Gasteiger partial charge on any atom is -0.391 e. The number of hydrogen-bond acceptors (Lipinski definition) is 5. The Hall–Kier alpha value is -2.25. The number of aryl methyl sites for hydroxylation is 1. The van der Waals surface area contributed by atoms with Gasteiger partial charge in [0.2, 0.25) is 11.8 Å². The highest BCUT2D eigenvalue weighted by atomic mass is 32.1. The molecular formula is C23H31N3O3S. The Morgan fingerprint density at radius 3 is 2.53 bits per heavy atom. The smallest absolute Gasteiger partial charge is 0.243 e. The van der Waals surface area contributed by atoms with E-state index >= 15 is 0 Å². The van der Waals surface area contributed by atoms with Gasteiger partial charge in [-0.3, -0.25) is 9.59 Å². The number of carbonyl (C=O) groups excluding carboxylic acids is 2. The zero-order valence-electron chi connectivity index (χ0n) is 18.3. The van der Waals surface area contributed by atoms with Gasteiger partial charge in [-0.1, -0.05) is 52.0 Å². The Labute approximate surface area is 182 Å². The molecule has 1 aliphatic heterocycles. The number of aliphatic hydroxyl groups excluding tert-OH is 1. The predicted molar refractivity (Wildman–Crippen MR) is 119 cm³/mol. The summed E-state index contributed by atoms with van der Waals surface area (Å²) in [6, 6.07) is 7.41. The maximum absolute atomic E-state index is 12.9. The summed E-state index contributed by atoms with van der Waals surface area (Å²) < 4.78 is 0. The molecule has 3 atom stereocenters. The zero-order chi connectivity index (χ0) is 22.1. The number of carbonyl (C=O) groups is 2. The molecule has 1 aromatic heterocycles. The molecule has 0 radical (unpaired) electrons. The van der Waals surface area contributed by atoms with Gasteiger partial charge in [-0.25, -0.2) is 4.98 Å². The summed E-state index contributed by atoms with van der Waals surface area (Å²) in [5.74, 6) is -0.535. The summed E-state index contributed by atoms with van der Waals surface area (Å²) in [7, 11) is 0. The average molecular weight is 430 g/mol. The molecule has 0 spiro atoms. The van der Waals surface area contributed by atoms with Gasteiger partial charge in [-0.05, 0) is 23.5 Å². The normalized spacial score (nSPS) is 20.3. The van der Waals surface area contributed by atoms with Crippen molar-refractivity contribution >= 4 is 23.2 Å². The Morgan fingerprint density at radius 2 is 1.97 bits per heavy atom. The van der Waals surface area contributed by atoms with E-state index in [1.807, 2.05) is 64.4 Å². The molecule has 1 fully saturated rings. The number of amides is 2. The number of aliphatic hydroxyl groups is 1. The second-order valence-electron chi connectivity index (χ2n) is 9.17. The zero-order valence-corrected chi connectivity index (χ0v) is 19.1. The van der Waals surface area contributed by atoms with Gasteiger partial charge in [0.05, 0.1) is 22.2 Å². The van der Waals surface area contributed by atoms with Crippen molar-refractivity contribution in [1.82, 2.24) is 15.2 Å². The van der Waals surface area contributed by atoms with Crippen LogP contribution >= 0.6 is 11.3 Å². The summed E-state index contributed by atoms with van der Waals surface area (Å²) in [6.45, 7) is 10.5. The van der Waals surface area contributed by atoms with E-state index in [2.05, 4.69) is 10.3 Å². The highest BCUT2D eigenvalue weighted by molar-refractivity contribution is 7.13. The number of aromatic nitrogens is 1. The molecule has 0 aliphatic carbocycles. The minimum atomic E-state index is -0.668. The van der Waals surface area contributed by atoms with Gasteiger partial charge in [0.15, 0.2) is 0 Å². The van der Waals surface area contributed by atoms with Crippen molar-refractivity contribution in [2.75, 3.05) is 6.54 Å². The van der Waals surface area contributed by atoms with Gasteiger partial charge in [0, 0.05) is 25.4 Å². The SMILES string of the molecule is Cc1ncsc1-c1ccc(CNC(=O)C2C[C@H](O)CN2C(=O)C(C)C(C)(C)C)cc1. The lowest BCUT2D eigenvalue weighted by atomic mass is 9.81. The summed E-state index contributed by atoms with van der Waals surface area (Å²) in [4.78, 5) is 32.7. The molecule has 0 bridgehead atoms. The molecule has 2 N–H and O–H groups in total. The predicted octanol–water partition coefficient (Wildman–Crippen LogP) is 3.38. The number of nitrogens with one attached hydrogen (secondary N) is 1. The maximum atomic E-state index is 12.9. The summed E-state index contributed by atoms with van der Waals surface area (Å²) in [5.41, 5.74) is 4.73. The summed E-state index contributed by atoms with van der Waals surface area (Å²) >= 11 is 1.61. The molecule has 3 rings (SSSR count). The second kappa shape index (κ2) is 8.86. The molecule has 162 valence electrons. The van der Waals surface area contributed by atoms with Gasteiger partial charge in [-0.2, -0.15) is 0 Å². The van der Waals surface area contributed by atoms with E-state index < -0.39 is 12.1 Å². The standard InChI is InChI=1S/C23H31N3O3S/c1-14(23(3,4)5)22(29)26-12-18(27)10-19(26)21(28)24-11-16-6-8-17(9-7-16)20-15(2)25-13-30-20/h6-9,13-14,18-19,27H,10-12H2,1-5H3,(H,24,28)/t14?,18-,19?/m0/s1. The maximum Gasteiger partial charge on any atom is 0.243 e. The van der Waals surface area contributed by atoms with Crippen LogP contribution in [0.3, 0.4) is 0 Å². The average Bonchev–Trinajstić information content (AvgIpc) is 3.30. The van der Waals surface area contributed by atoms with E-state index in [1.165, 1.54) is 0 Å². The largest absolute Gasteiger partial charge is 0.391 e. The molecule has 6 nitrogen and oxygen atoms in total. The first kappa shape index (κ1) is 22.4. The Morgan fingerprint density at radius 1 is 1.30 bits per heavy atom. The number of likely N-dealkylation sites (tertiary alicyclic amines) is 1. The third-order valence-electron chi connectivity index (χ3n) is 5.96. The molecule has 30 heavy (non-hydrogen) atoms. The van der Waals surface area contributed by atoms with Crippen LogP contribution < -0.4 is 5.32 Å². The van der Waals surface area contributed by atoms with Crippen molar-refractivity contribution in [1.29, 1.82) is 0 Å². The van der Waals surface area contributed by atoms with E-state index in [9.17, 15) is 14.7 Å². The first-order valence-corrected chi connectivity index (χ1v) is 11.2. The molecule has 7 heteroatoms. The van der Waals surface area contributed by atoms with Crippen LogP contribution in [0, 0.1) is 18.3 Å². The number of β-amino-alcohol motifs (C(OH)–C–C–N with tert-alkyl or cyclic N) is 1. The van der Waals surface area contributed by atoms with E-state index in [0.29, 0.717) is 6.54 Å². The number of hydrogen-bond donors (Lipinski definition) is 2. The first-order chi connectivity index (χ1) is 14.1. The monoisotopic (exact) mass is 429 g/mol. The van der Waals surface area contributed by atoms with Crippen molar-refractivity contribution in [3.05, 3.63) is 41.0 Å². The van der Waals surface area contributed by atoms with E-state index in [1.54, 1.807) is 16.2 Å². The van der Waals surface area contributed by atoms with Crippen LogP contribution in [0.25, 0.3) is 10.4 Å². The molecule has 2 heterocycles. The number of benzene rings is 1. The van der Waals surface area contributed by atoms with Crippen LogP contribution in [-0.4, -0.2) is 45.5 Å². The van der Waals surface area contributed by atoms with Crippen LogP contribution in [-0.2, 0) is 16.1 Å². The van der Waals surface area contributed by atoms with Crippen LogP contribution in [0.4, 0.5) is 0 Å². The van der Waals surface area contributed by atoms with Crippen molar-refractivity contribution in [3.63, 3.8) is 0 Å². The molecule has 1 aliphatic rings. The first-order valence-electron chi connectivity index (χ1n) is 10.3. The van der Waals surface area contributed by atoms with Gasteiger partial charge < -0.3 is 15.3 Å². The third-order valence-corrected chi connectivity index (χ3v) is 6.94. The molecule has 1 saturated heterocycles. The van der Waals surface area contributed by atoms with Crippen molar-refractivity contribution < 1.29 is 14.7 Å². The van der Waals surface area contributed by atoms with E-state index in [4.69, 9.17) is 0 Å². The van der Waals surface area contributed by atoms with Crippen LogP contribution in [0.5, 0.6) is 0 Å². The second-order valence-corrected chi connectivity index (χ2v) is 10.0. The van der Waals surface area contributed by atoms with Crippen molar-refractivity contribution in [3.8, 4) is 10.4 Å². The van der Waals surface area contributed by atoms with Crippen LogP contribution in [0.1, 0.15) is 45.4 Å². The lowest BCUT2D eigenvalue weighted by molar-refractivity contribution is -0.144. The highest BCUT2D eigenvalue weighted by Gasteiger charge is 2.42. The Bertz CT molecular complexity index is 901. The van der Waals surface area contributed by atoms with Crippen LogP contribution in [0.15, 0.2) is 29.8 Å². The molecule has 2 amide bonds. The van der Waals surface area contributed by atoms with Gasteiger partial charge >= 0.3 is 0 Å². The lowest BCUT2D eigenvalue weighted by Crippen LogP contribution is -2.49. The topological polar surface area (TPSA) is 82.5 Å². The summed E-state index contributed by atoms with van der Waals surface area (Å²) in [5, 5.41) is 13.0. The number of nitrogens with zero attached hydrogens (tertiary/aromatic N) is 2. The fraction of sp³-hybridized carbons (Fsp3) is 0.522. The van der Waals surface area contributed by atoms with Crippen molar-refractivity contribution in [2.24, 2.45) is 11.3 Å². The molecule has 2 unspecified atom stereocenters. The molecule has 0 saturated carbocycles. The van der Waals surface area contributed by atoms with Crippen molar-refractivity contribution in [2.45, 2.75) is 59.7 Å². The molecule has 2 aromatic rings. The quantitative estimate of drug-likeness (QED) is 0.763. The Kier molecular flexibility index (Phi) is 6.62. The summed E-state index contributed by atoms with van der Waals surface area (Å²) in [6.07, 6.45) is -0.392. The van der Waals surface area contributed by atoms with E-state index in [0.717, 1.165) is 21.7 Å². The molecular weight excluding hydrogens is 398 g/mol. The van der Waals surface area contributed by atoms with Gasteiger partial charge in [0.25, 0.3) is 0 Å². The third kappa shape index (κ3) is 4.90. The minimum absolute atomic E-state index is 0.0801. The van der Waals surface area contributed by atoms with Crippen LogP contribution in [0.2, 0.25) is 0 Å². The molecule has 1 aromatic carbocycles. The fourth-order valence-electron chi connectivity index (χ4n) is 3.58. The Balaban J connectivity index is 1.63. The lowest BCUT2D eigenvalue weighted by Gasteiger charge is -2.32. The number of thiazole rings is 1. The van der Waals surface area contributed by atoms with Gasteiger partial charge in [-0.15, -0.1) is 11.3 Å². The highest BCUT2D eigenvalue weighted by Crippen LogP contribution is 2.30.